The second-order valence-electron chi connectivity index (χ2n) is 8.75. The fraction of sp³-hybridized carbons (Fsp3) is 0.609. The SMILES string of the molecule is O=C(O)C[C@@H]1[C@@H](c2ccc(C(F)(F)F)cc2)N([C@H](C#CC2CC2)CCC(F)(F)F)CCC1(F)F. The zero-order valence-corrected chi connectivity index (χ0v) is 17.9. The molecule has 0 bridgehead atoms. The van der Waals surface area contributed by atoms with Crippen molar-refractivity contribution in [1.29, 1.82) is 0 Å². The summed E-state index contributed by atoms with van der Waals surface area (Å²) in [6, 6.07) is 0.811. The number of carbonyl (C=O) groups is 1. The first-order valence-electron chi connectivity index (χ1n) is 10.8. The summed E-state index contributed by atoms with van der Waals surface area (Å²) in [5.41, 5.74) is -1.05. The molecule has 3 atom stereocenters. The Morgan fingerprint density at radius 3 is 2.24 bits per heavy atom. The third-order valence-corrected chi connectivity index (χ3v) is 6.09. The normalized spacial score (nSPS) is 24.2. The average molecular weight is 497 g/mol. The summed E-state index contributed by atoms with van der Waals surface area (Å²) in [6.45, 7) is -0.378. The second kappa shape index (κ2) is 9.72. The smallest absolute Gasteiger partial charge is 0.416 e. The van der Waals surface area contributed by atoms with E-state index < -0.39 is 73.5 Å². The maximum Gasteiger partial charge on any atom is 0.416 e. The molecular weight excluding hydrogens is 474 g/mol. The number of piperidine rings is 1. The fourth-order valence-corrected chi connectivity index (χ4v) is 4.22. The summed E-state index contributed by atoms with van der Waals surface area (Å²) in [4.78, 5) is 12.7. The van der Waals surface area contributed by atoms with Crippen LogP contribution >= 0.6 is 0 Å². The van der Waals surface area contributed by atoms with Crippen molar-refractivity contribution in [3.63, 3.8) is 0 Å². The van der Waals surface area contributed by atoms with Gasteiger partial charge in [0, 0.05) is 31.3 Å². The van der Waals surface area contributed by atoms with Gasteiger partial charge >= 0.3 is 18.3 Å². The van der Waals surface area contributed by atoms with E-state index in [1.807, 2.05) is 0 Å². The first-order valence-corrected chi connectivity index (χ1v) is 10.8. The number of aliphatic carboxylic acids is 1. The van der Waals surface area contributed by atoms with Crippen LogP contribution in [-0.4, -0.2) is 40.7 Å². The van der Waals surface area contributed by atoms with Gasteiger partial charge in [-0.15, -0.1) is 0 Å². The Bertz CT molecular complexity index is 926. The van der Waals surface area contributed by atoms with Crippen molar-refractivity contribution in [2.24, 2.45) is 11.8 Å². The van der Waals surface area contributed by atoms with Crippen LogP contribution in [0.4, 0.5) is 35.1 Å². The molecule has 1 N–H and O–H groups in total. The summed E-state index contributed by atoms with van der Waals surface area (Å²) in [6.07, 6.45) is -11.2. The molecular formula is C23H23F8NO2. The largest absolute Gasteiger partial charge is 0.481 e. The molecule has 0 radical (unpaired) electrons. The van der Waals surface area contributed by atoms with Crippen LogP contribution in [0.2, 0.25) is 0 Å². The zero-order chi connectivity index (χ0) is 25.3. The maximum absolute atomic E-state index is 14.9. The van der Waals surface area contributed by atoms with E-state index in [-0.39, 0.29) is 18.0 Å². The summed E-state index contributed by atoms with van der Waals surface area (Å²) in [5, 5.41) is 9.26. The molecule has 34 heavy (non-hydrogen) atoms. The van der Waals surface area contributed by atoms with Crippen LogP contribution in [0.15, 0.2) is 24.3 Å². The summed E-state index contributed by atoms with van der Waals surface area (Å²) in [5.74, 6) is -1.25. The minimum atomic E-state index is -4.68. The Morgan fingerprint density at radius 2 is 1.74 bits per heavy atom. The Labute approximate surface area is 191 Å². The van der Waals surface area contributed by atoms with E-state index in [9.17, 15) is 45.0 Å². The average Bonchev–Trinajstić information content (AvgIpc) is 3.53. The highest BCUT2D eigenvalue weighted by atomic mass is 19.4. The van der Waals surface area contributed by atoms with Gasteiger partial charge in [0.15, 0.2) is 0 Å². The van der Waals surface area contributed by atoms with Gasteiger partial charge in [-0.05, 0) is 37.0 Å². The first-order chi connectivity index (χ1) is 15.7. The molecule has 3 rings (SSSR count). The molecule has 0 amide bonds. The third kappa shape index (κ3) is 6.84. The lowest BCUT2D eigenvalue weighted by Crippen LogP contribution is -2.53. The third-order valence-electron chi connectivity index (χ3n) is 6.09. The minimum absolute atomic E-state index is 0.0129. The number of likely N-dealkylation sites (tertiary alicyclic amines) is 1. The molecule has 1 saturated carbocycles. The monoisotopic (exact) mass is 497 g/mol. The van der Waals surface area contributed by atoms with Gasteiger partial charge in [-0.25, -0.2) is 8.78 Å². The van der Waals surface area contributed by atoms with Crippen LogP contribution in [0.5, 0.6) is 0 Å². The second-order valence-corrected chi connectivity index (χ2v) is 8.75. The van der Waals surface area contributed by atoms with Gasteiger partial charge < -0.3 is 5.11 Å². The van der Waals surface area contributed by atoms with Crippen LogP contribution in [-0.2, 0) is 11.0 Å². The van der Waals surface area contributed by atoms with E-state index >= 15 is 0 Å². The van der Waals surface area contributed by atoms with Crippen molar-refractivity contribution in [2.75, 3.05) is 6.54 Å². The maximum atomic E-state index is 14.9. The molecule has 0 spiro atoms. The molecule has 11 heteroatoms. The molecule has 1 saturated heterocycles. The minimum Gasteiger partial charge on any atom is -0.481 e. The summed E-state index contributed by atoms with van der Waals surface area (Å²) >= 11 is 0. The molecule has 1 aromatic rings. The predicted molar refractivity (Wildman–Crippen MR) is 106 cm³/mol. The molecule has 188 valence electrons. The van der Waals surface area contributed by atoms with Gasteiger partial charge in [0.1, 0.15) is 0 Å². The Kier molecular flexibility index (Phi) is 7.51. The molecule has 2 aliphatic rings. The number of halogens is 8. The highest BCUT2D eigenvalue weighted by Crippen LogP contribution is 2.48. The van der Waals surface area contributed by atoms with Crippen LogP contribution < -0.4 is 0 Å². The fourth-order valence-electron chi connectivity index (χ4n) is 4.22. The van der Waals surface area contributed by atoms with Gasteiger partial charge in [-0.1, -0.05) is 24.0 Å². The number of rotatable bonds is 6. The predicted octanol–water partition coefficient (Wildman–Crippen LogP) is 6.30. The molecule has 3 nitrogen and oxygen atoms in total. The number of alkyl halides is 8. The van der Waals surface area contributed by atoms with Crippen molar-refractivity contribution in [2.45, 2.75) is 68.9 Å². The lowest BCUT2D eigenvalue weighted by atomic mass is 9.78. The quantitative estimate of drug-likeness (QED) is 0.370. The summed E-state index contributed by atoms with van der Waals surface area (Å²) < 4.78 is 108. The first kappa shape index (κ1) is 26.3. The molecule has 0 aromatic heterocycles. The van der Waals surface area contributed by atoms with Crippen LogP contribution in [0, 0.1) is 23.7 Å². The van der Waals surface area contributed by atoms with Gasteiger partial charge in [0.2, 0.25) is 0 Å². The van der Waals surface area contributed by atoms with E-state index in [4.69, 9.17) is 0 Å². The number of carboxylic acids is 1. The van der Waals surface area contributed by atoms with E-state index in [1.165, 1.54) is 4.90 Å². The molecule has 1 aliphatic heterocycles. The number of hydrogen-bond acceptors (Lipinski definition) is 2. The molecule has 2 fully saturated rings. The van der Waals surface area contributed by atoms with Gasteiger partial charge in [-0.2, -0.15) is 26.3 Å². The Hall–Kier alpha value is -2.35. The molecule has 1 aliphatic carbocycles. The van der Waals surface area contributed by atoms with Crippen LogP contribution in [0.3, 0.4) is 0 Å². The highest BCUT2D eigenvalue weighted by molar-refractivity contribution is 5.67. The van der Waals surface area contributed by atoms with E-state index in [1.54, 1.807) is 0 Å². The number of nitrogens with zero attached hydrogens (tertiary/aromatic N) is 1. The topological polar surface area (TPSA) is 40.5 Å². The number of benzene rings is 1. The Morgan fingerprint density at radius 1 is 1.12 bits per heavy atom. The van der Waals surface area contributed by atoms with Crippen LogP contribution in [0.1, 0.15) is 55.7 Å². The van der Waals surface area contributed by atoms with Crippen molar-refractivity contribution < 1.29 is 45.0 Å². The van der Waals surface area contributed by atoms with E-state index in [0.29, 0.717) is 12.1 Å². The molecule has 1 heterocycles. The standard InChI is InChI=1S/C23H23F8NO2/c24-21(25)11-12-32(17(8-3-14-1-2-14)9-10-22(26,27)28)20(18(21)13-19(33)34)15-4-6-16(7-5-15)23(29,30)31/h4-7,14,17-18,20H,1-2,9-13H2,(H,33,34)/t17-,18-,20-/m1/s1. The van der Waals surface area contributed by atoms with Crippen molar-refractivity contribution in [3.8, 4) is 11.8 Å². The summed E-state index contributed by atoms with van der Waals surface area (Å²) in [7, 11) is 0. The van der Waals surface area contributed by atoms with E-state index in [2.05, 4.69) is 11.8 Å². The van der Waals surface area contributed by atoms with Crippen molar-refractivity contribution in [1.82, 2.24) is 4.90 Å². The van der Waals surface area contributed by atoms with Crippen molar-refractivity contribution in [3.05, 3.63) is 35.4 Å². The van der Waals surface area contributed by atoms with E-state index in [0.717, 1.165) is 25.0 Å². The highest BCUT2D eigenvalue weighted by Gasteiger charge is 2.52. The number of hydrogen-bond donors (Lipinski definition) is 1. The van der Waals surface area contributed by atoms with Gasteiger partial charge in [0.05, 0.1) is 23.9 Å². The Balaban J connectivity index is 2.04. The lowest BCUT2D eigenvalue weighted by Gasteiger charge is -2.47. The zero-order valence-electron chi connectivity index (χ0n) is 17.9. The van der Waals surface area contributed by atoms with Crippen LogP contribution in [0.25, 0.3) is 0 Å². The number of carboxylic acid groups (broad SMARTS) is 1. The van der Waals surface area contributed by atoms with Gasteiger partial charge in [0.25, 0.3) is 5.92 Å². The molecule has 0 unspecified atom stereocenters. The lowest BCUT2D eigenvalue weighted by molar-refractivity contribution is -0.163. The molecule has 1 aromatic carbocycles. The van der Waals surface area contributed by atoms with Gasteiger partial charge in [-0.3, -0.25) is 9.69 Å². The van der Waals surface area contributed by atoms with Crippen molar-refractivity contribution >= 4 is 5.97 Å².